The molecule has 1 aliphatic heterocycles. The number of nitrogens with zero attached hydrogens (tertiary/aromatic N) is 1. The van der Waals surface area contributed by atoms with E-state index in [1.54, 1.807) is 37.0 Å². The van der Waals surface area contributed by atoms with Gasteiger partial charge in [-0.1, -0.05) is 23.2 Å². The summed E-state index contributed by atoms with van der Waals surface area (Å²) in [5.41, 5.74) is -0.371. The maximum absolute atomic E-state index is 12.2. The largest absolute Gasteiger partial charge is 0.379 e. The average molecular weight is 320 g/mol. The van der Waals surface area contributed by atoms with E-state index in [1.165, 1.54) is 4.90 Å². The Balaban J connectivity index is 2.08. The van der Waals surface area contributed by atoms with Crippen molar-refractivity contribution in [1.29, 1.82) is 0 Å². The second-order valence-electron chi connectivity index (χ2n) is 4.77. The Labute approximate surface area is 126 Å². The van der Waals surface area contributed by atoms with E-state index in [9.17, 15) is 9.90 Å². The fourth-order valence-electron chi connectivity index (χ4n) is 2.13. The highest BCUT2D eigenvalue weighted by atomic mass is 35.5. The smallest absolute Gasteiger partial charge is 0.255 e. The number of hydrogen-bond acceptors (Lipinski definition) is 3. The van der Waals surface area contributed by atoms with E-state index >= 15 is 0 Å². The predicted molar refractivity (Wildman–Crippen MR) is 79.8 cm³/mol. The van der Waals surface area contributed by atoms with Crippen LogP contribution in [0, 0.1) is 0 Å². The Kier molecular flexibility index (Phi) is 4.66. The number of hydrogen-bond donors (Lipinski definition) is 1. The SMILES string of the molecule is CN(Cc1cc(Cl)cc(Cl)c1)C(=O)C1(O)CCSC1. The van der Waals surface area contributed by atoms with Gasteiger partial charge in [-0.2, -0.15) is 11.8 Å². The fourth-order valence-corrected chi connectivity index (χ4v) is 3.93. The molecule has 1 fully saturated rings. The third kappa shape index (κ3) is 3.57. The van der Waals surface area contributed by atoms with Crippen molar-refractivity contribution < 1.29 is 9.90 Å². The minimum Gasteiger partial charge on any atom is -0.379 e. The van der Waals surface area contributed by atoms with Crippen LogP contribution in [0.25, 0.3) is 0 Å². The van der Waals surface area contributed by atoms with Crippen LogP contribution in [0.5, 0.6) is 0 Å². The van der Waals surface area contributed by atoms with Gasteiger partial charge in [0.05, 0.1) is 0 Å². The zero-order valence-corrected chi connectivity index (χ0v) is 12.9. The highest BCUT2D eigenvalue weighted by molar-refractivity contribution is 7.99. The first-order valence-electron chi connectivity index (χ1n) is 5.91. The minimum absolute atomic E-state index is 0.242. The molecular weight excluding hydrogens is 305 g/mol. The van der Waals surface area contributed by atoms with Crippen LogP contribution < -0.4 is 0 Å². The summed E-state index contributed by atoms with van der Waals surface area (Å²) in [6.07, 6.45) is 0.511. The van der Waals surface area contributed by atoms with Crippen molar-refractivity contribution in [3.8, 4) is 0 Å². The van der Waals surface area contributed by atoms with Crippen LogP contribution in [0.1, 0.15) is 12.0 Å². The molecule has 0 aliphatic carbocycles. The second-order valence-corrected chi connectivity index (χ2v) is 6.75. The van der Waals surface area contributed by atoms with Crippen molar-refractivity contribution >= 4 is 40.9 Å². The zero-order chi connectivity index (χ0) is 14.0. The molecular formula is C13H15Cl2NO2S. The van der Waals surface area contributed by atoms with E-state index in [1.807, 2.05) is 0 Å². The van der Waals surface area contributed by atoms with Gasteiger partial charge in [0.25, 0.3) is 5.91 Å². The Morgan fingerprint density at radius 3 is 2.58 bits per heavy atom. The van der Waals surface area contributed by atoms with Crippen LogP contribution in [0.4, 0.5) is 0 Å². The highest BCUT2D eigenvalue weighted by Crippen LogP contribution is 2.30. The summed E-state index contributed by atoms with van der Waals surface area (Å²) in [5.74, 6) is 1.04. The lowest BCUT2D eigenvalue weighted by molar-refractivity contribution is -0.147. The molecule has 0 spiro atoms. The van der Waals surface area contributed by atoms with E-state index in [4.69, 9.17) is 23.2 Å². The lowest BCUT2D eigenvalue weighted by Crippen LogP contribution is -2.47. The summed E-state index contributed by atoms with van der Waals surface area (Å²) in [6.45, 7) is 0.381. The van der Waals surface area contributed by atoms with Crippen LogP contribution in [-0.4, -0.2) is 40.1 Å². The number of carbonyl (C=O) groups excluding carboxylic acids is 1. The van der Waals surface area contributed by atoms with E-state index < -0.39 is 5.60 Å². The van der Waals surface area contributed by atoms with Crippen LogP contribution in [0.3, 0.4) is 0 Å². The van der Waals surface area contributed by atoms with Gasteiger partial charge >= 0.3 is 0 Å². The van der Waals surface area contributed by atoms with Crippen LogP contribution >= 0.6 is 35.0 Å². The molecule has 1 aromatic rings. The Morgan fingerprint density at radius 1 is 1.42 bits per heavy atom. The third-order valence-electron chi connectivity index (χ3n) is 3.09. The Bertz CT molecular complexity index is 469. The Hall–Kier alpha value is -0.420. The molecule has 1 aromatic carbocycles. The van der Waals surface area contributed by atoms with Crippen molar-refractivity contribution in [2.24, 2.45) is 0 Å². The van der Waals surface area contributed by atoms with Gasteiger partial charge in [-0.3, -0.25) is 4.79 Å². The standard InChI is InChI=1S/C13H15Cl2NO2S/c1-16(12(17)13(18)2-3-19-8-13)7-9-4-10(14)6-11(15)5-9/h4-6,18H,2-3,7-8H2,1H3. The summed E-state index contributed by atoms with van der Waals surface area (Å²) < 4.78 is 0. The second kappa shape index (κ2) is 5.92. The van der Waals surface area contributed by atoms with Crippen LogP contribution in [0.2, 0.25) is 10.0 Å². The molecule has 0 bridgehead atoms. The summed E-state index contributed by atoms with van der Waals surface area (Å²) in [4.78, 5) is 13.8. The number of rotatable bonds is 3. The molecule has 0 aromatic heterocycles. The number of thioether (sulfide) groups is 1. The average Bonchev–Trinajstić information content (AvgIpc) is 2.75. The van der Waals surface area contributed by atoms with Crippen molar-refractivity contribution in [2.45, 2.75) is 18.6 Å². The number of aliphatic hydroxyl groups is 1. The zero-order valence-electron chi connectivity index (χ0n) is 10.5. The topological polar surface area (TPSA) is 40.5 Å². The lowest BCUT2D eigenvalue weighted by Gasteiger charge is -2.27. The van der Waals surface area contributed by atoms with Crippen molar-refractivity contribution in [1.82, 2.24) is 4.90 Å². The van der Waals surface area contributed by atoms with Gasteiger partial charge in [0, 0.05) is 29.4 Å². The van der Waals surface area contributed by atoms with Crippen molar-refractivity contribution in [2.75, 3.05) is 18.6 Å². The molecule has 1 unspecified atom stereocenters. The summed E-state index contributed by atoms with van der Waals surface area (Å²) in [7, 11) is 1.68. The quantitative estimate of drug-likeness (QED) is 0.931. The van der Waals surface area contributed by atoms with E-state index in [-0.39, 0.29) is 5.91 Å². The maximum atomic E-state index is 12.2. The van der Waals surface area contributed by atoms with Crippen molar-refractivity contribution in [3.63, 3.8) is 0 Å². The molecule has 6 heteroatoms. The van der Waals surface area contributed by atoms with Gasteiger partial charge in [0.2, 0.25) is 0 Å². The number of likely N-dealkylation sites (N-methyl/N-ethyl adjacent to an activating group) is 1. The number of halogens is 2. The van der Waals surface area contributed by atoms with E-state index in [2.05, 4.69) is 0 Å². The molecule has 1 heterocycles. The summed E-state index contributed by atoms with van der Waals surface area (Å²) >= 11 is 13.5. The molecule has 1 saturated heterocycles. The molecule has 3 nitrogen and oxygen atoms in total. The summed E-state index contributed by atoms with van der Waals surface area (Å²) in [5, 5.41) is 11.3. The normalized spacial score (nSPS) is 22.5. The molecule has 2 rings (SSSR count). The number of benzene rings is 1. The van der Waals surface area contributed by atoms with Gasteiger partial charge in [0.15, 0.2) is 5.60 Å². The molecule has 1 atom stereocenters. The fraction of sp³-hybridized carbons (Fsp3) is 0.462. The monoisotopic (exact) mass is 319 g/mol. The van der Waals surface area contributed by atoms with Gasteiger partial charge < -0.3 is 10.0 Å². The van der Waals surface area contributed by atoms with Gasteiger partial charge in [-0.05, 0) is 35.9 Å². The van der Waals surface area contributed by atoms with Gasteiger partial charge in [-0.25, -0.2) is 0 Å². The molecule has 1 amide bonds. The van der Waals surface area contributed by atoms with Crippen LogP contribution in [0.15, 0.2) is 18.2 Å². The summed E-state index contributed by atoms with van der Waals surface area (Å²) in [6, 6.07) is 5.19. The highest BCUT2D eigenvalue weighted by Gasteiger charge is 2.41. The minimum atomic E-state index is -1.22. The third-order valence-corrected chi connectivity index (χ3v) is 4.70. The molecule has 0 saturated carbocycles. The first-order chi connectivity index (χ1) is 8.90. The first-order valence-corrected chi connectivity index (χ1v) is 7.82. The molecule has 19 heavy (non-hydrogen) atoms. The van der Waals surface area contributed by atoms with Gasteiger partial charge in [-0.15, -0.1) is 0 Å². The molecule has 1 aliphatic rings. The predicted octanol–water partition coefficient (Wildman–Crippen LogP) is 2.82. The van der Waals surface area contributed by atoms with E-state index in [0.29, 0.717) is 28.8 Å². The maximum Gasteiger partial charge on any atom is 0.255 e. The molecule has 1 N–H and O–H groups in total. The van der Waals surface area contributed by atoms with Crippen LogP contribution in [-0.2, 0) is 11.3 Å². The Morgan fingerprint density at radius 2 is 2.05 bits per heavy atom. The number of amides is 1. The first kappa shape index (κ1) is 15.0. The lowest BCUT2D eigenvalue weighted by atomic mass is 10.0. The van der Waals surface area contributed by atoms with E-state index in [0.717, 1.165) is 11.3 Å². The number of carbonyl (C=O) groups is 1. The van der Waals surface area contributed by atoms with Gasteiger partial charge in [0.1, 0.15) is 0 Å². The van der Waals surface area contributed by atoms with Crippen molar-refractivity contribution in [3.05, 3.63) is 33.8 Å². The molecule has 104 valence electrons. The molecule has 0 radical (unpaired) electrons.